The molecule has 0 aromatic heterocycles. The van der Waals surface area contributed by atoms with Gasteiger partial charge in [0.1, 0.15) is 5.25 Å². The second kappa shape index (κ2) is 9.95. The lowest BCUT2D eigenvalue weighted by atomic mass is 10.1. The summed E-state index contributed by atoms with van der Waals surface area (Å²) in [5.41, 5.74) is 2.36. The monoisotopic (exact) mass is 475 g/mol. The maximum Gasteiger partial charge on any atom is 0.317 e. The quantitative estimate of drug-likeness (QED) is 0.309. The lowest BCUT2D eigenvalue weighted by Gasteiger charge is -2.17. The number of carbonyl (C=O) groups excluding carboxylic acids is 2. The number of carboxylic acid groups (broad SMARTS) is 1. The summed E-state index contributed by atoms with van der Waals surface area (Å²) in [4.78, 5) is 38.7. The first-order chi connectivity index (χ1) is 15.9. The van der Waals surface area contributed by atoms with Gasteiger partial charge in [-0.2, -0.15) is 0 Å². The van der Waals surface area contributed by atoms with Crippen LogP contribution >= 0.6 is 23.4 Å². The van der Waals surface area contributed by atoms with Gasteiger partial charge in [0.2, 0.25) is 0 Å². The fraction of sp³-hybridized carbons (Fsp3) is 0.115. The van der Waals surface area contributed by atoms with Crippen molar-refractivity contribution in [1.29, 1.82) is 0 Å². The molecule has 0 radical (unpaired) electrons. The highest BCUT2D eigenvalue weighted by atomic mass is 35.5. The summed E-state index contributed by atoms with van der Waals surface area (Å²) in [7, 11) is 0. The van der Waals surface area contributed by atoms with E-state index in [9.17, 15) is 19.5 Å². The van der Waals surface area contributed by atoms with Crippen molar-refractivity contribution in [2.45, 2.75) is 16.6 Å². The molecule has 1 unspecified atom stereocenters. The molecule has 3 aromatic carbocycles. The molecule has 1 aliphatic heterocycles. The molecule has 1 atom stereocenters. The topological polar surface area (TPSA) is 74.7 Å². The minimum Gasteiger partial charge on any atom is -0.480 e. The Morgan fingerprint density at radius 3 is 1.91 bits per heavy atom. The number of hydrogen-bond donors (Lipinski definition) is 1. The van der Waals surface area contributed by atoms with E-state index in [1.54, 1.807) is 36.4 Å². The minimum atomic E-state index is -0.997. The van der Waals surface area contributed by atoms with Gasteiger partial charge in [-0.05, 0) is 67.1 Å². The highest BCUT2D eigenvalue weighted by molar-refractivity contribution is 8.00. The lowest BCUT2D eigenvalue weighted by Crippen LogP contribution is -2.33. The van der Waals surface area contributed by atoms with E-state index in [-0.39, 0.29) is 24.8 Å². The van der Waals surface area contributed by atoms with Gasteiger partial charge in [0, 0.05) is 27.6 Å². The fourth-order valence-electron chi connectivity index (χ4n) is 3.38. The van der Waals surface area contributed by atoms with Crippen LogP contribution in [0.25, 0.3) is 0 Å². The van der Waals surface area contributed by atoms with Crippen LogP contribution in [0, 0.1) is 11.8 Å². The summed E-state index contributed by atoms with van der Waals surface area (Å²) >= 11 is 7.06. The molecule has 0 fully saturated rings. The molecule has 0 saturated heterocycles. The van der Waals surface area contributed by atoms with E-state index in [4.69, 9.17) is 11.6 Å². The van der Waals surface area contributed by atoms with Crippen LogP contribution in [0.2, 0.25) is 5.02 Å². The number of halogens is 1. The summed E-state index contributed by atoms with van der Waals surface area (Å²) < 4.78 is 0. The molecule has 1 heterocycles. The Hall–Kier alpha value is -3.53. The van der Waals surface area contributed by atoms with Crippen molar-refractivity contribution in [3.63, 3.8) is 0 Å². The summed E-state index contributed by atoms with van der Waals surface area (Å²) in [6.07, 6.45) is 0.142. The number of imide groups is 1. The number of hydrogen-bond acceptors (Lipinski definition) is 4. The van der Waals surface area contributed by atoms with Gasteiger partial charge in [0.05, 0.1) is 11.1 Å². The van der Waals surface area contributed by atoms with Crippen LogP contribution in [0.5, 0.6) is 0 Å². The number of carbonyl (C=O) groups is 3. The Morgan fingerprint density at radius 2 is 1.39 bits per heavy atom. The third-order valence-corrected chi connectivity index (χ3v) is 6.61. The summed E-state index contributed by atoms with van der Waals surface area (Å²) in [6.45, 7) is 0.0426. The summed E-state index contributed by atoms with van der Waals surface area (Å²) in [6, 6.07) is 21.1. The van der Waals surface area contributed by atoms with Gasteiger partial charge in [-0.15, -0.1) is 11.8 Å². The smallest absolute Gasteiger partial charge is 0.317 e. The number of aliphatic carboxylic acids is 1. The molecule has 3 aromatic rings. The molecule has 4 rings (SSSR count). The Bertz CT molecular complexity index is 1240. The average molecular weight is 476 g/mol. The van der Waals surface area contributed by atoms with E-state index < -0.39 is 11.2 Å². The number of carboxylic acids is 1. The molecular formula is C26H18ClNO4S. The minimum absolute atomic E-state index is 0.0426. The molecule has 0 aliphatic carbocycles. The van der Waals surface area contributed by atoms with Crippen LogP contribution in [-0.2, 0) is 4.79 Å². The maximum atomic E-state index is 12.5. The van der Waals surface area contributed by atoms with Gasteiger partial charge in [0.15, 0.2) is 0 Å². The largest absolute Gasteiger partial charge is 0.480 e. The van der Waals surface area contributed by atoms with Crippen molar-refractivity contribution < 1.29 is 19.5 Å². The number of rotatable bonds is 6. The third kappa shape index (κ3) is 5.28. The standard InChI is InChI=1S/C26H18ClNO4S/c27-19-11-7-17(8-12-19)5-6-18-9-13-20(14-10-18)33-23(26(31)32)15-16-28-24(29)21-3-1-2-4-22(21)25(28)30/h1-4,7-14,23H,15-16H2,(H,31,32). The molecule has 33 heavy (non-hydrogen) atoms. The van der Waals surface area contributed by atoms with Crippen LogP contribution in [-0.4, -0.2) is 39.6 Å². The lowest BCUT2D eigenvalue weighted by molar-refractivity contribution is -0.136. The van der Waals surface area contributed by atoms with Crippen molar-refractivity contribution in [2.75, 3.05) is 6.54 Å². The Balaban J connectivity index is 1.39. The second-order valence-corrected chi connectivity index (χ2v) is 9.03. The maximum absolute atomic E-state index is 12.5. The highest BCUT2D eigenvalue weighted by Crippen LogP contribution is 2.28. The number of thioether (sulfide) groups is 1. The van der Waals surface area contributed by atoms with E-state index in [1.807, 2.05) is 36.4 Å². The number of amides is 2. The van der Waals surface area contributed by atoms with Crippen LogP contribution in [0.3, 0.4) is 0 Å². The van der Waals surface area contributed by atoms with Crippen LogP contribution in [0.4, 0.5) is 0 Å². The number of benzene rings is 3. The molecule has 7 heteroatoms. The molecule has 5 nitrogen and oxygen atoms in total. The van der Waals surface area contributed by atoms with E-state index in [0.717, 1.165) is 20.9 Å². The summed E-state index contributed by atoms with van der Waals surface area (Å²) in [5, 5.41) is 9.50. The van der Waals surface area contributed by atoms with Gasteiger partial charge >= 0.3 is 5.97 Å². The van der Waals surface area contributed by atoms with Crippen LogP contribution in [0.1, 0.15) is 38.3 Å². The van der Waals surface area contributed by atoms with E-state index in [1.165, 1.54) is 11.8 Å². The van der Waals surface area contributed by atoms with Crippen molar-refractivity contribution in [3.05, 3.63) is 100 Å². The van der Waals surface area contributed by atoms with Crippen LogP contribution in [0.15, 0.2) is 77.7 Å². The predicted molar refractivity (Wildman–Crippen MR) is 128 cm³/mol. The number of fused-ring (bicyclic) bond motifs is 1. The molecule has 1 N–H and O–H groups in total. The molecule has 0 bridgehead atoms. The SMILES string of the molecule is O=C(O)C(CCN1C(=O)c2ccccc2C1=O)Sc1ccc(C#Cc2ccc(Cl)cc2)cc1. The van der Waals surface area contributed by atoms with Gasteiger partial charge < -0.3 is 5.11 Å². The fourth-order valence-corrected chi connectivity index (χ4v) is 4.45. The van der Waals surface area contributed by atoms with Gasteiger partial charge in [-0.3, -0.25) is 19.3 Å². The molecule has 164 valence electrons. The first kappa shape index (κ1) is 22.7. The zero-order valence-corrected chi connectivity index (χ0v) is 18.9. The zero-order chi connectivity index (χ0) is 23.4. The molecule has 1 aliphatic rings. The van der Waals surface area contributed by atoms with Gasteiger partial charge in [-0.25, -0.2) is 0 Å². The van der Waals surface area contributed by atoms with Crippen molar-refractivity contribution >= 4 is 41.1 Å². The summed E-state index contributed by atoms with van der Waals surface area (Å²) in [5.74, 6) is 4.36. The van der Waals surface area contributed by atoms with Gasteiger partial charge in [-0.1, -0.05) is 35.6 Å². The molecular weight excluding hydrogens is 458 g/mol. The van der Waals surface area contributed by atoms with E-state index in [0.29, 0.717) is 16.1 Å². The zero-order valence-electron chi connectivity index (χ0n) is 17.3. The Morgan fingerprint density at radius 1 is 0.879 bits per heavy atom. The van der Waals surface area contributed by atoms with Crippen molar-refractivity contribution in [3.8, 4) is 11.8 Å². The van der Waals surface area contributed by atoms with E-state index in [2.05, 4.69) is 11.8 Å². The first-order valence-electron chi connectivity index (χ1n) is 10.1. The molecule has 0 spiro atoms. The number of nitrogens with zero attached hydrogens (tertiary/aromatic N) is 1. The van der Waals surface area contributed by atoms with Crippen LogP contribution < -0.4 is 0 Å². The predicted octanol–water partition coefficient (Wildman–Crippen LogP) is 4.97. The Labute approximate surface area is 200 Å². The van der Waals surface area contributed by atoms with E-state index >= 15 is 0 Å². The molecule has 2 amide bonds. The van der Waals surface area contributed by atoms with Gasteiger partial charge in [0.25, 0.3) is 11.8 Å². The average Bonchev–Trinajstić information content (AvgIpc) is 3.07. The first-order valence-corrected chi connectivity index (χ1v) is 11.4. The Kier molecular flexibility index (Phi) is 6.83. The highest BCUT2D eigenvalue weighted by Gasteiger charge is 2.35. The van der Waals surface area contributed by atoms with Crippen molar-refractivity contribution in [2.24, 2.45) is 0 Å². The molecule has 0 saturated carbocycles. The normalized spacial score (nSPS) is 13.3. The third-order valence-electron chi connectivity index (χ3n) is 5.10. The van der Waals surface area contributed by atoms with Crippen molar-refractivity contribution in [1.82, 2.24) is 4.90 Å². The second-order valence-electron chi connectivity index (χ2n) is 7.32.